The van der Waals surface area contributed by atoms with Crippen LogP contribution in [0.4, 0.5) is 5.69 Å². The van der Waals surface area contributed by atoms with Crippen molar-refractivity contribution in [3.63, 3.8) is 0 Å². The van der Waals surface area contributed by atoms with Crippen LogP contribution in [0.1, 0.15) is 22.3 Å². The minimum Gasteiger partial charge on any atom is -0.494 e. The molecular weight excluding hydrogens is 470 g/mol. The lowest BCUT2D eigenvalue weighted by atomic mass is 10.2. The lowest BCUT2D eigenvalue weighted by molar-refractivity contribution is 0.0951. The van der Waals surface area contributed by atoms with Gasteiger partial charge in [0, 0.05) is 22.2 Å². The van der Waals surface area contributed by atoms with Crippen LogP contribution in [0.2, 0.25) is 0 Å². The van der Waals surface area contributed by atoms with Crippen molar-refractivity contribution >= 4 is 33.0 Å². The molecule has 0 bridgehead atoms. The number of anilines is 1. The summed E-state index contributed by atoms with van der Waals surface area (Å²) in [7, 11) is -3.76. The smallest absolute Gasteiger partial charge is 0.261 e. The summed E-state index contributed by atoms with van der Waals surface area (Å²) in [4.78, 5) is 17.2. The van der Waals surface area contributed by atoms with Crippen LogP contribution in [-0.2, 0) is 16.6 Å². The Morgan fingerprint density at radius 3 is 2.35 bits per heavy atom. The molecule has 1 aromatic heterocycles. The fraction of sp³-hybridized carbons (Fsp3) is 0.120. The summed E-state index contributed by atoms with van der Waals surface area (Å²) in [5.74, 6) is 0.336. The van der Waals surface area contributed by atoms with Crippen LogP contribution in [0.3, 0.4) is 0 Å². The molecule has 3 aromatic carbocycles. The summed E-state index contributed by atoms with van der Waals surface area (Å²) in [5.41, 5.74) is 2.68. The minimum absolute atomic E-state index is 0.121. The van der Waals surface area contributed by atoms with Gasteiger partial charge in [-0.2, -0.15) is 0 Å². The van der Waals surface area contributed by atoms with Gasteiger partial charge in [-0.05, 0) is 55.5 Å². The number of nitrogens with one attached hydrogen (secondary N) is 2. The Kier molecular flexibility index (Phi) is 7.24. The molecule has 0 radical (unpaired) electrons. The molecule has 0 aliphatic heterocycles. The lowest BCUT2D eigenvalue weighted by Gasteiger charge is -2.10. The molecule has 0 aliphatic rings. The van der Waals surface area contributed by atoms with Crippen molar-refractivity contribution in [1.82, 2.24) is 10.3 Å². The summed E-state index contributed by atoms with van der Waals surface area (Å²) in [6.45, 7) is 2.67. The van der Waals surface area contributed by atoms with Gasteiger partial charge >= 0.3 is 0 Å². The van der Waals surface area contributed by atoms with Gasteiger partial charge in [0.2, 0.25) is 0 Å². The molecule has 0 atom stereocenters. The molecule has 34 heavy (non-hydrogen) atoms. The van der Waals surface area contributed by atoms with Gasteiger partial charge in [0.05, 0.1) is 23.7 Å². The first-order valence-electron chi connectivity index (χ1n) is 10.6. The van der Waals surface area contributed by atoms with Crippen molar-refractivity contribution < 1.29 is 17.9 Å². The highest BCUT2D eigenvalue weighted by Gasteiger charge is 2.15. The van der Waals surface area contributed by atoms with Crippen molar-refractivity contribution in [3.05, 3.63) is 94.8 Å². The number of thiazole rings is 1. The van der Waals surface area contributed by atoms with Crippen molar-refractivity contribution in [2.24, 2.45) is 0 Å². The molecule has 4 rings (SSSR count). The first-order valence-corrected chi connectivity index (χ1v) is 12.9. The predicted molar refractivity (Wildman–Crippen MR) is 134 cm³/mol. The van der Waals surface area contributed by atoms with Gasteiger partial charge in [0.1, 0.15) is 10.8 Å². The summed E-state index contributed by atoms with van der Waals surface area (Å²) in [6.07, 6.45) is 0. The van der Waals surface area contributed by atoms with Gasteiger partial charge in [-0.3, -0.25) is 9.52 Å². The van der Waals surface area contributed by atoms with Crippen LogP contribution >= 0.6 is 11.3 Å². The van der Waals surface area contributed by atoms with Crippen molar-refractivity contribution in [1.29, 1.82) is 0 Å². The maximum absolute atomic E-state index is 12.6. The molecular formula is C25H23N3O4S2. The fourth-order valence-corrected chi connectivity index (χ4v) is 4.98. The molecule has 2 N–H and O–H groups in total. The molecule has 174 valence electrons. The van der Waals surface area contributed by atoms with E-state index in [9.17, 15) is 13.2 Å². The molecule has 0 saturated heterocycles. The molecule has 1 heterocycles. The van der Waals surface area contributed by atoms with Crippen molar-refractivity contribution in [3.8, 4) is 17.0 Å². The quantitative estimate of drug-likeness (QED) is 0.344. The average Bonchev–Trinajstić information content (AvgIpc) is 3.33. The molecule has 4 aromatic rings. The second kappa shape index (κ2) is 10.5. The van der Waals surface area contributed by atoms with Crippen LogP contribution in [0.5, 0.6) is 5.75 Å². The number of benzene rings is 3. The summed E-state index contributed by atoms with van der Waals surface area (Å²) >= 11 is 1.48. The second-order valence-corrected chi connectivity index (χ2v) is 9.89. The fourth-order valence-electron chi connectivity index (χ4n) is 3.18. The first kappa shape index (κ1) is 23.5. The number of hydrogen-bond acceptors (Lipinski definition) is 6. The standard InChI is InChI=1S/C25H23N3O4S2/c1-2-32-21-12-14-22(15-13-21)34(30,31)28-20-10-8-19(9-11-20)25(29)26-16-24-27-23(17-33-24)18-6-4-3-5-7-18/h3-15,17,28H,2,16H2,1H3,(H,26,29). The number of ether oxygens (including phenoxy) is 1. The normalized spacial score (nSPS) is 11.1. The summed E-state index contributed by atoms with van der Waals surface area (Å²) in [6, 6.07) is 22.3. The topological polar surface area (TPSA) is 97.4 Å². The monoisotopic (exact) mass is 493 g/mol. The lowest BCUT2D eigenvalue weighted by Crippen LogP contribution is -2.22. The third-order valence-corrected chi connectivity index (χ3v) is 7.11. The number of carbonyl (C=O) groups is 1. The average molecular weight is 494 g/mol. The Balaban J connectivity index is 1.35. The largest absolute Gasteiger partial charge is 0.494 e. The zero-order chi connectivity index (χ0) is 24.0. The van der Waals surface area contributed by atoms with Gasteiger partial charge in [-0.25, -0.2) is 13.4 Å². The number of aromatic nitrogens is 1. The van der Waals surface area contributed by atoms with Crippen LogP contribution in [-0.4, -0.2) is 25.9 Å². The van der Waals surface area contributed by atoms with E-state index in [0.29, 0.717) is 30.2 Å². The van der Waals surface area contributed by atoms with E-state index >= 15 is 0 Å². The summed E-state index contributed by atoms with van der Waals surface area (Å²) < 4.78 is 33.1. The van der Waals surface area contributed by atoms with E-state index in [1.165, 1.54) is 23.5 Å². The van der Waals surface area contributed by atoms with E-state index in [4.69, 9.17) is 4.74 Å². The Morgan fingerprint density at radius 2 is 1.68 bits per heavy atom. The molecule has 0 spiro atoms. The highest BCUT2D eigenvalue weighted by molar-refractivity contribution is 7.92. The van der Waals surface area contributed by atoms with E-state index < -0.39 is 10.0 Å². The molecule has 0 fully saturated rings. The number of hydrogen-bond donors (Lipinski definition) is 2. The number of rotatable bonds is 9. The highest BCUT2D eigenvalue weighted by Crippen LogP contribution is 2.22. The molecule has 0 unspecified atom stereocenters. The molecule has 9 heteroatoms. The van der Waals surface area contributed by atoms with Gasteiger partial charge in [0.25, 0.3) is 15.9 Å². The molecule has 0 saturated carbocycles. The van der Waals surface area contributed by atoms with Gasteiger partial charge in [-0.1, -0.05) is 30.3 Å². The van der Waals surface area contributed by atoms with Crippen LogP contribution in [0.15, 0.2) is 89.1 Å². The number of carbonyl (C=O) groups excluding carboxylic acids is 1. The first-order chi connectivity index (χ1) is 16.4. The van der Waals surface area contributed by atoms with Gasteiger partial charge < -0.3 is 10.1 Å². The Labute approximate surface area is 202 Å². The zero-order valence-corrected chi connectivity index (χ0v) is 20.0. The maximum atomic E-state index is 12.6. The summed E-state index contributed by atoms with van der Waals surface area (Å²) in [5, 5.41) is 5.61. The van der Waals surface area contributed by atoms with Gasteiger partial charge in [0.15, 0.2) is 0 Å². The Bertz CT molecular complexity index is 1350. The van der Waals surface area contributed by atoms with Crippen molar-refractivity contribution in [2.75, 3.05) is 11.3 Å². The third-order valence-electron chi connectivity index (χ3n) is 4.87. The van der Waals surface area contributed by atoms with Crippen LogP contribution in [0.25, 0.3) is 11.3 Å². The van der Waals surface area contributed by atoms with Crippen molar-refractivity contribution in [2.45, 2.75) is 18.4 Å². The van der Waals surface area contributed by atoms with Gasteiger partial charge in [-0.15, -0.1) is 11.3 Å². The maximum Gasteiger partial charge on any atom is 0.261 e. The Hall–Kier alpha value is -3.69. The van der Waals surface area contributed by atoms with Crippen LogP contribution in [0, 0.1) is 0 Å². The van der Waals surface area contributed by atoms with Crippen LogP contribution < -0.4 is 14.8 Å². The van der Waals surface area contributed by atoms with E-state index in [0.717, 1.165) is 16.3 Å². The van der Waals surface area contributed by atoms with E-state index in [2.05, 4.69) is 15.0 Å². The van der Waals surface area contributed by atoms with E-state index in [1.807, 2.05) is 42.6 Å². The highest BCUT2D eigenvalue weighted by atomic mass is 32.2. The predicted octanol–water partition coefficient (Wildman–Crippen LogP) is 4.94. The molecule has 0 aliphatic carbocycles. The number of amides is 1. The minimum atomic E-state index is -3.76. The SMILES string of the molecule is CCOc1ccc(S(=O)(=O)Nc2ccc(C(=O)NCc3nc(-c4ccccc4)cs3)cc2)cc1. The number of nitrogens with zero attached hydrogens (tertiary/aromatic N) is 1. The molecule has 7 nitrogen and oxygen atoms in total. The number of sulfonamides is 1. The third kappa shape index (κ3) is 5.81. The molecule has 1 amide bonds. The van der Waals surface area contributed by atoms with E-state index in [-0.39, 0.29) is 10.8 Å². The zero-order valence-electron chi connectivity index (χ0n) is 18.4. The Morgan fingerprint density at radius 1 is 0.971 bits per heavy atom. The second-order valence-electron chi connectivity index (χ2n) is 7.26. The van der Waals surface area contributed by atoms with E-state index in [1.54, 1.807) is 36.4 Å².